The van der Waals surface area contributed by atoms with E-state index in [2.05, 4.69) is 5.32 Å². The third kappa shape index (κ3) is 3.09. The molecule has 0 saturated carbocycles. The van der Waals surface area contributed by atoms with Gasteiger partial charge in [-0.1, -0.05) is 30.3 Å². The Labute approximate surface area is 123 Å². The summed E-state index contributed by atoms with van der Waals surface area (Å²) in [5, 5.41) is 11.3. The molecular formula is C17H15FN2O. The zero-order chi connectivity index (χ0) is 15.5. The molecule has 0 fully saturated rings. The summed E-state index contributed by atoms with van der Waals surface area (Å²) in [4.78, 5) is 12.4. The van der Waals surface area contributed by atoms with Gasteiger partial charge in [0.1, 0.15) is 5.82 Å². The number of amides is 1. The van der Waals surface area contributed by atoms with Crippen molar-refractivity contribution in [3.8, 4) is 6.07 Å². The molecule has 106 valence electrons. The molecule has 2 aromatic rings. The van der Waals surface area contributed by atoms with E-state index in [0.717, 1.165) is 11.6 Å². The van der Waals surface area contributed by atoms with Gasteiger partial charge in [-0.3, -0.25) is 4.79 Å². The molecule has 1 N–H and O–H groups in total. The molecule has 0 bridgehead atoms. The normalized spacial score (nSPS) is 10.8. The summed E-state index contributed by atoms with van der Waals surface area (Å²) in [5.74, 6) is -0.927. The summed E-state index contributed by atoms with van der Waals surface area (Å²) in [6, 6.07) is 15.1. The number of carbonyl (C=O) groups excluding carboxylic acids is 1. The molecule has 0 spiro atoms. The van der Waals surface area contributed by atoms with Crippen molar-refractivity contribution in [2.24, 2.45) is 0 Å². The Morgan fingerprint density at radius 2 is 1.86 bits per heavy atom. The minimum atomic E-state index is -0.790. The molecule has 2 aromatic carbocycles. The lowest BCUT2D eigenvalue weighted by atomic mass is 9.83. The van der Waals surface area contributed by atoms with Crippen LogP contribution < -0.4 is 5.32 Å². The first-order chi connectivity index (χ1) is 9.95. The highest BCUT2D eigenvalue weighted by molar-refractivity contribution is 5.98. The van der Waals surface area contributed by atoms with E-state index in [9.17, 15) is 9.18 Å². The lowest BCUT2D eigenvalue weighted by Crippen LogP contribution is -2.34. The summed E-state index contributed by atoms with van der Waals surface area (Å²) < 4.78 is 13.8. The molecular weight excluding hydrogens is 267 g/mol. The molecule has 1 amide bonds. The minimum Gasteiger partial charge on any atom is -0.323 e. The molecule has 2 rings (SSSR count). The molecule has 0 aromatic heterocycles. The average Bonchev–Trinajstić information content (AvgIpc) is 2.50. The molecule has 0 aliphatic rings. The van der Waals surface area contributed by atoms with Crippen LogP contribution in [0.1, 0.15) is 25.0 Å². The zero-order valence-electron chi connectivity index (χ0n) is 11.9. The topological polar surface area (TPSA) is 52.9 Å². The summed E-state index contributed by atoms with van der Waals surface area (Å²) in [6.07, 6.45) is 0. The summed E-state index contributed by atoms with van der Waals surface area (Å²) in [6.45, 7) is 3.55. The summed E-state index contributed by atoms with van der Waals surface area (Å²) >= 11 is 0. The van der Waals surface area contributed by atoms with Crippen LogP contribution in [0.2, 0.25) is 0 Å². The van der Waals surface area contributed by atoms with Crippen molar-refractivity contribution in [2.75, 3.05) is 5.32 Å². The molecule has 3 nitrogen and oxygen atoms in total. The van der Waals surface area contributed by atoms with Gasteiger partial charge in [0.05, 0.1) is 22.7 Å². The van der Waals surface area contributed by atoms with Gasteiger partial charge >= 0.3 is 0 Å². The molecule has 0 radical (unpaired) electrons. The minimum absolute atomic E-state index is 0.0722. The third-order valence-electron chi connectivity index (χ3n) is 3.41. The molecule has 0 aliphatic heterocycles. The second-order valence-corrected chi connectivity index (χ2v) is 5.25. The number of hydrogen-bond acceptors (Lipinski definition) is 2. The third-order valence-corrected chi connectivity index (χ3v) is 3.41. The Morgan fingerprint density at radius 3 is 2.43 bits per heavy atom. The Bertz CT molecular complexity index is 702. The smallest absolute Gasteiger partial charge is 0.234 e. The van der Waals surface area contributed by atoms with Gasteiger partial charge in [-0.15, -0.1) is 0 Å². The van der Waals surface area contributed by atoms with E-state index in [1.54, 1.807) is 13.8 Å². The van der Waals surface area contributed by atoms with Crippen molar-refractivity contribution in [1.29, 1.82) is 5.26 Å². The number of nitriles is 1. The number of halogens is 1. The van der Waals surface area contributed by atoms with Crippen LogP contribution >= 0.6 is 0 Å². The van der Waals surface area contributed by atoms with Crippen LogP contribution in [0.5, 0.6) is 0 Å². The predicted molar refractivity (Wildman–Crippen MR) is 79.2 cm³/mol. The van der Waals surface area contributed by atoms with Gasteiger partial charge in [-0.05, 0) is 37.6 Å². The maximum absolute atomic E-state index is 13.8. The molecule has 4 heteroatoms. The first kappa shape index (κ1) is 14.7. The number of nitrogens with zero attached hydrogens (tertiary/aromatic N) is 1. The molecule has 21 heavy (non-hydrogen) atoms. The second-order valence-electron chi connectivity index (χ2n) is 5.25. The van der Waals surface area contributed by atoms with Crippen LogP contribution in [-0.2, 0) is 10.2 Å². The Hall–Kier alpha value is -2.67. The van der Waals surface area contributed by atoms with Gasteiger partial charge in [0.25, 0.3) is 0 Å². The first-order valence-corrected chi connectivity index (χ1v) is 6.52. The van der Waals surface area contributed by atoms with Crippen LogP contribution in [0.15, 0.2) is 48.5 Å². The van der Waals surface area contributed by atoms with Crippen LogP contribution in [0.3, 0.4) is 0 Å². The number of nitrogens with one attached hydrogen (secondary N) is 1. The summed E-state index contributed by atoms with van der Waals surface area (Å²) in [5.41, 5.74) is 0.342. The van der Waals surface area contributed by atoms with Crippen molar-refractivity contribution in [3.63, 3.8) is 0 Å². The largest absolute Gasteiger partial charge is 0.323 e. The van der Waals surface area contributed by atoms with E-state index in [1.165, 1.54) is 12.1 Å². The zero-order valence-corrected chi connectivity index (χ0v) is 11.9. The van der Waals surface area contributed by atoms with Crippen LogP contribution in [0.4, 0.5) is 10.1 Å². The van der Waals surface area contributed by atoms with Crippen LogP contribution in [-0.4, -0.2) is 5.91 Å². The fourth-order valence-electron chi connectivity index (χ4n) is 1.95. The molecule has 0 saturated heterocycles. The van der Waals surface area contributed by atoms with Crippen molar-refractivity contribution < 1.29 is 9.18 Å². The van der Waals surface area contributed by atoms with Crippen LogP contribution in [0, 0.1) is 17.1 Å². The Morgan fingerprint density at radius 1 is 1.19 bits per heavy atom. The van der Waals surface area contributed by atoms with Crippen LogP contribution in [0.25, 0.3) is 0 Å². The Balaban J connectivity index is 2.24. The lowest BCUT2D eigenvalue weighted by molar-refractivity contribution is -0.120. The maximum Gasteiger partial charge on any atom is 0.234 e. The SMILES string of the molecule is CC(C)(C(=O)Nc1ccc(C#N)cc1F)c1ccccc1. The maximum atomic E-state index is 13.8. The van der Waals surface area contributed by atoms with E-state index in [0.29, 0.717) is 0 Å². The highest BCUT2D eigenvalue weighted by Crippen LogP contribution is 2.25. The fourth-order valence-corrected chi connectivity index (χ4v) is 1.95. The standard InChI is InChI=1S/C17H15FN2O/c1-17(2,13-6-4-3-5-7-13)16(21)20-15-9-8-12(11-19)10-14(15)18/h3-10H,1-2H3,(H,20,21). The van der Waals surface area contributed by atoms with Gasteiger partial charge < -0.3 is 5.32 Å². The molecule has 0 aliphatic carbocycles. The number of benzene rings is 2. The van der Waals surface area contributed by atoms with Gasteiger partial charge in [0, 0.05) is 0 Å². The van der Waals surface area contributed by atoms with Crippen molar-refractivity contribution >= 4 is 11.6 Å². The number of carbonyl (C=O) groups is 1. The highest BCUT2D eigenvalue weighted by Gasteiger charge is 2.30. The van der Waals surface area contributed by atoms with Crippen molar-refractivity contribution in [2.45, 2.75) is 19.3 Å². The predicted octanol–water partition coefficient (Wildman–Crippen LogP) is 3.61. The molecule has 0 unspecified atom stereocenters. The van der Waals surface area contributed by atoms with E-state index < -0.39 is 11.2 Å². The summed E-state index contributed by atoms with van der Waals surface area (Å²) in [7, 11) is 0. The van der Waals surface area contributed by atoms with Gasteiger partial charge in [-0.2, -0.15) is 5.26 Å². The van der Waals surface area contributed by atoms with E-state index in [1.807, 2.05) is 36.4 Å². The van der Waals surface area contributed by atoms with Crippen molar-refractivity contribution in [3.05, 3.63) is 65.5 Å². The second kappa shape index (κ2) is 5.76. The van der Waals surface area contributed by atoms with E-state index >= 15 is 0 Å². The van der Waals surface area contributed by atoms with E-state index in [-0.39, 0.29) is 17.2 Å². The number of rotatable bonds is 3. The van der Waals surface area contributed by atoms with E-state index in [4.69, 9.17) is 5.26 Å². The molecule has 0 heterocycles. The first-order valence-electron chi connectivity index (χ1n) is 6.52. The van der Waals surface area contributed by atoms with Gasteiger partial charge in [0.15, 0.2) is 0 Å². The van der Waals surface area contributed by atoms with Gasteiger partial charge in [0.2, 0.25) is 5.91 Å². The average molecular weight is 282 g/mol. The van der Waals surface area contributed by atoms with Gasteiger partial charge in [-0.25, -0.2) is 4.39 Å². The highest BCUT2D eigenvalue weighted by atomic mass is 19.1. The Kier molecular flexibility index (Phi) is 4.04. The lowest BCUT2D eigenvalue weighted by Gasteiger charge is -2.24. The number of hydrogen-bond donors (Lipinski definition) is 1. The van der Waals surface area contributed by atoms with Crippen molar-refractivity contribution in [1.82, 2.24) is 0 Å². The quantitative estimate of drug-likeness (QED) is 0.934. The monoisotopic (exact) mass is 282 g/mol. The fraction of sp³-hybridized carbons (Fsp3) is 0.176. The molecule has 0 atom stereocenters. The number of anilines is 1.